The predicted molar refractivity (Wildman–Crippen MR) is 105 cm³/mol. The second-order valence-corrected chi connectivity index (χ2v) is 5.75. The molecule has 1 atom stereocenters. The van der Waals surface area contributed by atoms with E-state index in [4.69, 9.17) is 4.74 Å². The van der Waals surface area contributed by atoms with Gasteiger partial charge in [0.2, 0.25) is 0 Å². The van der Waals surface area contributed by atoms with Crippen LogP contribution in [-0.2, 0) is 4.74 Å². The minimum absolute atomic E-state index is 0.0938. The van der Waals surface area contributed by atoms with E-state index in [0.717, 1.165) is 5.56 Å². The van der Waals surface area contributed by atoms with Gasteiger partial charge >= 0.3 is 12.1 Å². The van der Waals surface area contributed by atoms with Crippen molar-refractivity contribution in [3.05, 3.63) is 84.9 Å². The van der Waals surface area contributed by atoms with Crippen molar-refractivity contribution >= 4 is 23.5 Å². The van der Waals surface area contributed by atoms with Crippen molar-refractivity contribution < 1.29 is 14.3 Å². The summed E-state index contributed by atoms with van der Waals surface area (Å²) in [5.41, 5.74) is 1.83. The van der Waals surface area contributed by atoms with Crippen LogP contribution in [-0.4, -0.2) is 28.6 Å². The average Bonchev–Trinajstić information content (AvgIpc) is 2.73. The lowest BCUT2D eigenvalue weighted by atomic mass is 10.1. The van der Waals surface area contributed by atoms with Crippen LogP contribution in [0.25, 0.3) is 0 Å². The van der Waals surface area contributed by atoms with E-state index in [9.17, 15) is 9.59 Å². The number of urea groups is 1. The zero-order chi connectivity index (χ0) is 19.6. The van der Waals surface area contributed by atoms with Crippen LogP contribution in [0.5, 0.6) is 0 Å². The molecule has 1 aromatic carbocycles. The van der Waals surface area contributed by atoms with Crippen LogP contribution in [0.3, 0.4) is 0 Å². The van der Waals surface area contributed by atoms with Crippen molar-refractivity contribution in [1.82, 2.24) is 15.3 Å². The van der Waals surface area contributed by atoms with Gasteiger partial charge in [-0.2, -0.15) is 0 Å². The molecule has 0 aliphatic rings. The number of amides is 3. The third kappa shape index (κ3) is 5.80. The highest BCUT2D eigenvalue weighted by Crippen LogP contribution is 2.18. The highest BCUT2D eigenvalue weighted by molar-refractivity contribution is 5.89. The normalized spacial score (nSPS) is 11.1. The summed E-state index contributed by atoms with van der Waals surface area (Å²) < 4.78 is 5.51. The molecule has 0 saturated heterocycles. The molecule has 8 heteroatoms. The number of anilines is 2. The highest BCUT2D eigenvalue weighted by Gasteiger charge is 2.18. The highest BCUT2D eigenvalue weighted by atomic mass is 16.6. The fourth-order valence-corrected chi connectivity index (χ4v) is 2.41. The number of rotatable bonds is 6. The van der Waals surface area contributed by atoms with Gasteiger partial charge in [-0.25, -0.2) is 9.59 Å². The third-order valence-electron chi connectivity index (χ3n) is 3.70. The largest absolute Gasteiger partial charge is 0.439 e. The van der Waals surface area contributed by atoms with E-state index >= 15 is 0 Å². The maximum absolute atomic E-state index is 12.2. The van der Waals surface area contributed by atoms with Crippen LogP contribution < -0.4 is 16.0 Å². The van der Waals surface area contributed by atoms with Crippen molar-refractivity contribution in [3.63, 3.8) is 0 Å². The summed E-state index contributed by atoms with van der Waals surface area (Å²) in [5.74, 6) is 0. The monoisotopic (exact) mass is 377 g/mol. The quantitative estimate of drug-likeness (QED) is 0.609. The van der Waals surface area contributed by atoms with Gasteiger partial charge in [0.25, 0.3) is 0 Å². The summed E-state index contributed by atoms with van der Waals surface area (Å²) in [7, 11) is 0. The van der Waals surface area contributed by atoms with E-state index < -0.39 is 18.2 Å². The zero-order valence-electron chi connectivity index (χ0n) is 14.9. The molecule has 3 N–H and O–H groups in total. The summed E-state index contributed by atoms with van der Waals surface area (Å²) in [4.78, 5) is 32.2. The van der Waals surface area contributed by atoms with Gasteiger partial charge in [-0.3, -0.25) is 15.3 Å². The van der Waals surface area contributed by atoms with Crippen molar-refractivity contribution in [2.45, 2.75) is 6.10 Å². The lowest BCUT2D eigenvalue weighted by molar-refractivity contribution is 0.111. The second-order valence-electron chi connectivity index (χ2n) is 5.75. The van der Waals surface area contributed by atoms with Crippen LogP contribution in [0, 0.1) is 0 Å². The van der Waals surface area contributed by atoms with E-state index in [2.05, 4.69) is 25.9 Å². The van der Waals surface area contributed by atoms with Gasteiger partial charge in [0.1, 0.15) is 6.10 Å². The summed E-state index contributed by atoms with van der Waals surface area (Å²) in [6.45, 7) is 0.0938. The van der Waals surface area contributed by atoms with Gasteiger partial charge in [-0.15, -0.1) is 0 Å². The first-order valence-corrected chi connectivity index (χ1v) is 8.58. The fourth-order valence-electron chi connectivity index (χ4n) is 2.41. The molecule has 8 nitrogen and oxygen atoms in total. The molecule has 0 radical (unpaired) electrons. The lowest BCUT2D eigenvalue weighted by Gasteiger charge is -2.19. The van der Waals surface area contributed by atoms with Crippen LogP contribution >= 0.6 is 0 Å². The first-order valence-electron chi connectivity index (χ1n) is 8.58. The number of carbonyl (C=O) groups is 2. The Hall–Kier alpha value is -3.94. The maximum Gasteiger partial charge on any atom is 0.412 e. The molecule has 142 valence electrons. The maximum atomic E-state index is 12.2. The number of benzene rings is 1. The van der Waals surface area contributed by atoms with Gasteiger partial charge in [0.15, 0.2) is 0 Å². The van der Waals surface area contributed by atoms with Crippen LogP contribution in [0.4, 0.5) is 21.0 Å². The van der Waals surface area contributed by atoms with Gasteiger partial charge < -0.3 is 15.4 Å². The second kappa shape index (κ2) is 9.67. The predicted octanol–water partition coefficient (Wildman–Crippen LogP) is 3.59. The van der Waals surface area contributed by atoms with Crippen LogP contribution in [0.1, 0.15) is 11.7 Å². The number of hydrogen-bond acceptors (Lipinski definition) is 5. The summed E-state index contributed by atoms with van der Waals surface area (Å²) in [6, 6.07) is 15.6. The Morgan fingerprint density at radius 1 is 0.857 bits per heavy atom. The van der Waals surface area contributed by atoms with Crippen molar-refractivity contribution in [3.8, 4) is 0 Å². The van der Waals surface area contributed by atoms with Crippen LogP contribution in [0.15, 0.2) is 79.4 Å². The molecule has 0 aliphatic carbocycles. The molecule has 3 rings (SSSR count). The van der Waals surface area contributed by atoms with Gasteiger partial charge in [0.05, 0.1) is 30.3 Å². The van der Waals surface area contributed by atoms with E-state index in [1.54, 1.807) is 36.7 Å². The Kier molecular flexibility index (Phi) is 6.51. The van der Waals surface area contributed by atoms with E-state index in [-0.39, 0.29) is 6.54 Å². The number of pyridine rings is 2. The van der Waals surface area contributed by atoms with E-state index in [1.165, 1.54) is 12.4 Å². The van der Waals surface area contributed by atoms with Crippen molar-refractivity contribution in [1.29, 1.82) is 0 Å². The number of hydrogen-bond donors (Lipinski definition) is 3. The molecule has 2 aromatic heterocycles. The molecule has 0 unspecified atom stereocenters. The zero-order valence-corrected chi connectivity index (χ0v) is 14.9. The summed E-state index contributed by atoms with van der Waals surface area (Å²) >= 11 is 0. The van der Waals surface area contributed by atoms with Crippen LogP contribution in [0.2, 0.25) is 0 Å². The molecule has 0 saturated carbocycles. The van der Waals surface area contributed by atoms with Crippen molar-refractivity contribution in [2.24, 2.45) is 0 Å². The summed E-state index contributed by atoms with van der Waals surface area (Å²) in [6.07, 6.45) is 4.95. The molecule has 0 bridgehead atoms. The van der Waals surface area contributed by atoms with E-state index in [1.807, 2.05) is 30.3 Å². The first-order chi connectivity index (χ1) is 13.7. The summed E-state index contributed by atoms with van der Waals surface area (Å²) in [5, 5.41) is 7.98. The molecule has 0 aliphatic heterocycles. The fraction of sp³-hybridized carbons (Fsp3) is 0.100. The smallest absolute Gasteiger partial charge is 0.412 e. The van der Waals surface area contributed by atoms with Gasteiger partial charge in [-0.1, -0.05) is 30.3 Å². The Labute approximate surface area is 162 Å². The van der Waals surface area contributed by atoms with Gasteiger partial charge in [0, 0.05) is 12.4 Å². The van der Waals surface area contributed by atoms with Crippen molar-refractivity contribution in [2.75, 3.05) is 17.2 Å². The first kappa shape index (κ1) is 18.8. The van der Waals surface area contributed by atoms with E-state index in [0.29, 0.717) is 11.4 Å². The minimum atomic E-state index is -0.669. The Morgan fingerprint density at radius 2 is 1.50 bits per heavy atom. The lowest BCUT2D eigenvalue weighted by Crippen LogP contribution is -2.34. The SMILES string of the molecule is O=C(NC[C@@H](OC(=O)Nc1cccnc1)c1ccccc1)Nc1cccnc1. The number of nitrogens with zero attached hydrogens (tertiary/aromatic N) is 2. The third-order valence-corrected chi connectivity index (χ3v) is 3.70. The molecule has 2 heterocycles. The number of aromatic nitrogens is 2. The number of nitrogens with one attached hydrogen (secondary N) is 3. The molecule has 3 amide bonds. The average molecular weight is 377 g/mol. The van der Waals surface area contributed by atoms with Gasteiger partial charge in [-0.05, 0) is 29.8 Å². The molecule has 28 heavy (non-hydrogen) atoms. The molecule has 0 spiro atoms. The Bertz CT molecular complexity index is 891. The number of carbonyl (C=O) groups excluding carboxylic acids is 2. The Morgan fingerprint density at radius 3 is 2.11 bits per heavy atom. The minimum Gasteiger partial charge on any atom is -0.439 e. The molecular formula is C20H19N5O3. The molecular weight excluding hydrogens is 358 g/mol. The topological polar surface area (TPSA) is 105 Å². The Balaban J connectivity index is 1.61. The number of ether oxygens (including phenoxy) is 1. The molecule has 0 fully saturated rings. The molecule has 3 aromatic rings. The standard InChI is InChI=1S/C20H19N5O3/c26-19(24-16-8-4-10-21-12-16)23-14-18(15-6-2-1-3-7-15)28-20(27)25-17-9-5-11-22-13-17/h1-13,18H,14H2,(H,25,27)(H2,23,24,26)/t18-/m1/s1.